The van der Waals surface area contributed by atoms with E-state index in [2.05, 4.69) is 5.32 Å². The van der Waals surface area contributed by atoms with Crippen LogP contribution in [-0.2, 0) is 11.3 Å². The van der Waals surface area contributed by atoms with Gasteiger partial charge in [-0.1, -0.05) is 6.07 Å². The van der Waals surface area contributed by atoms with Crippen LogP contribution < -0.4 is 10.1 Å². The van der Waals surface area contributed by atoms with Gasteiger partial charge in [-0.05, 0) is 19.2 Å². The fourth-order valence-corrected chi connectivity index (χ4v) is 1.42. The highest BCUT2D eigenvalue weighted by molar-refractivity contribution is 5.91. The lowest BCUT2D eigenvalue weighted by atomic mass is 10.1. The first kappa shape index (κ1) is 11.5. The highest BCUT2D eigenvalue weighted by Crippen LogP contribution is 2.22. The molecule has 0 aromatic heterocycles. The predicted molar refractivity (Wildman–Crippen MR) is 57.1 cm³/mol. The van der Waals surface area contributed by atoms with Gasteiger partial charge in [0.25, 0.3) is 0 Å². The molecule has 0 unspecified atom stereocenters. The van der Waals surface area contributed by atoms with E-state index in [1.54, 1.807) is 19.2 Å². The Morgan fingerprint density at radius 3 is 2.67 bits per heavy atom. The van der Waals surface area contributed by atoms with Crippen LogP contribution in [0.25, 0.3) is 0 Å². The number of esters is 1. The largest absolute Gasteiger partial charge is 0.496 e. The summed E-state index contributed by atoms with van der Waals surface area (Å²) in [6.07, 6.45) is 0. The van der Waals surface area contributed by atoms with Crippen molar-refractivity contribution in [2.45, 2.75) is 6.54 Å². The lowest BCUT2D eigenvalue weighted by molar-refractivity contribution is 0.0599. The van der Waals surface area contributed by atoms with Crippen LogP contribution in [-0.4, -0.2) is 27.2 Å². The molecular formula is C11H15NO3. The van der Waals surface area contributed by atoms with Crippen molar-refractivity contribution < 1.29 is 14.3 Å². The SMILES string of the molecule is CNCc1c(OC)cccc1C(=O)OC. The minimum atomic E-state index is -0.348. The number of hydrogen-bond acceptors (Lipinski definition) is 4. The molecule has 15 heavy (non-hydrogen) atoms. The second-order valence-corrected chi connectivity index (χ2v) is 3.01. The molecule has 0 amide bonds. The molecule has 0 aliphatic carbocycles. The van der Waals surface area contributed by atoms with Crippen LogP contribution >= 0.6 is 0 Å². The van der Waals surface area contributed by atoms with Gasteiger partial charge < -0.3 is 14.8 Å². The second kappa shape index (κ2) is 5.36. The van der Waals surface area contributed by atoms with Gasteiger partial charge in [-0.15, -0.1) is 0 Å². The number of methoxy groups -OCH3 is 2. The molecule has 0 atom stereocenters. The van der Waals surface area contributed by atoms with Crippen molar-refractivity contribution in [2.24, 2.45) is 0 Å². The number of ether oxygens (including phenoxy) is 2. The fourth-order valence-electron chi connectivity index (χ4n) is 1.42. The number of benzene rings is 1. The molecule has 82 valence electrons. The third kappa shape index (κ3) is 2.47. The summed E-state index contributed by atoms with van der Waals surface area (Å²) in [6.45, 7) is 0.564. The van der Waals surface area contributed by atoms with Gasteiger partial charge in [-0.25, -0.2) is 4.79 Å². The molecule has 0 fully saturated rings. The van der Waals surface area contributed by atoms with E-state index in [1.807, 2.05) is 13.1 Å². The van der Waals surface area contributed by atoms with Gasteiger partial charge in [-0.3, -0.25) is 0 Å². The summed E-state index contributed by atoms with van der Waals surface area (Å²) in [6, 6.07) is 5.31. The van der Waals surface area contributed by atoms with E-state index in [1.165, 1.54) is 7.11 Å². The van der Waals surface area contributed by atoms with Crippen LogP contribution in [0.5, 0.6) is 5.75 Å². The Kier molecular flexibility index (Phi) is 4.12. The minimum Gasteiger partial charge on any atom is -0.496 e. The molecule has 1 rings (SSSR count). The Labute approximate surface area is 89.2 Å². The quantitative estimate of drug-likeness (QED) is 0.757. The summed E-state index contributed by atoms with van der Waals surface area (Å²) in [5.74, 6) is 0.339. The van der Waals surface area contributed by atoms with Crippen molar-refractivity contribution in [1.29, 1.82) is 0 Å². The zero-order chi connectivity index (χ0) is 11.3. The third-order valence-corrected chi connectivity index (χ3v) is 2.11. The first-order valence-corrected chi connectivity index (χ1v) is 4.63. The average Bonchev–Trinajstić information content (AvgIpc) is 2.28. The van der Waals surface area contributed by atoms with Crippen LogP contribution in [0.3, 0.4) is 0 Å². The smallest absolute Gasteiger partial charge is 0.338 e. The van der Waals surface area contributed by atoms with Crippen LogP contribution in [0.4, 0.5) is 0 Å². The van der Waals surface area contributed by atoms with Gasteiger partial charge in [0.15, 0.2) is 0 Å². The standard InChI is InChI=1S/C11H15NO3/c1-12-7-9-8(11(13)15-3)5-4-6-10(9)14-2/h4-6,12H,7H2,1-3H3. The molecule has 4 nitrogen and oxygen atoms in total. The van der Waals surface area contributed by atoms with Crippen LogP contribution in [0.2, 0.25) is 0 Å². The maximum absolute atomic E-state index is 11.5. The molecule has 0 saturated carbocycles. The Morgan fingerprint density at radius 2 is 2.13 bits per heavy atom. The van der Waals surface area contributed by atoms with Crippen LogP contribution in [0.1, 0.15) is 15.9 Å². The van der Waals surface area contributed by atoms with E-state index < -0.39 is 0 Å². The predicted octanol–water partition coefficient (Wildman–Crippen LogP) is 1.20. The van der Waals surface area contributed by atoms with Crippen molar-refractivity contribution in [2.75, 3.05) is 21.3 Å². The van der Waals surface area contributed by atoms with E-state index in [0.29, 0.717) is 17.9 Å². The van der Waals surface area contributed by atoms with E-state index >= 15 is 0 Å². The van der Waals surface area contributed by atoms with Gasteiger partial charge in [0, 0.05) is 12.1 Å². The monoisotopic (exact) mass is 209 g/mol. The normalized spacial score (nSPS) is 9.80. The van der Waals surface area contributed by atoms with E-state index in [0.717, 1.165) is 5.56 Å². The van der Waals surface area contributed by atoms with E-state index in [-0.39, 0.29) is 5.97 Å². The van der Waals surface area contributed by atoms with Crippen molar-refractivity contribution in [3.05, 3.63) is 29.3 Å². The number of carbonyl (C=O) groups is 1. The zero-order valence-corrected chi connectivity index (χ0v) is 9.16. The number of rotatable bonds is 4. The van der Waals surface area contributed by atoms with Crippen molar-refractivity contribution in [3.63, 3.8) is 0 Å². The lowest BCUT2D eigenvalue weighted by Crippen LogP contribution is -2.13. The molecule has 0 bridgehead atoms. The van der Waals surface area contributed by atoms with Crippen molar-refractivity contribution in [1.82, 2.24) is 5.32 Å². The lowest BCUT2D eigenvalue weighted by Gasteiger charge is -2.11. The second-order valence-electron chi connectivity index (χ2n) is 3.01. The van der Waals surface area contributed by atoms with Gasteiger partial charge in [0.2, 0.25) is 0 Å². The molecule has 0 aliphatic rings. The highest BCUT2D eigenvalue weighted by atomic mass is 16.5. The minimum absolute atomic E-state index is 0.348. The van der Waals surface area contributed by atoms with Crippen molar-refractivity contribution >= 4 is 5.97 Å². The maximum Gasteiger partial charge on any atom is 0.338 e. The molecular weight excluding hydrogens is 194 g/mol. The molecule has 0 heterocycles. The Balaban J connectivity index is 3.18. The van der Waals surface area contributed by atoms with Gasteiger partial charge >= 0.3 is 5.97 Å². The summed E-state index contributed by atoms with van der Waals surface area (Å²) in [5.41, 5.74) is 1.35. The molecule has 4 heteroatoms. The Morgan fingerprint density at radius 1 is 1.40 bits per heavy atom. The zero-order valence-electron chi connectivity index (χ0n) is 9.16. The molecule has 0 saturated heterocycles. The first-order chi connectivity index (χ1) is 7.24. The Bertz CT molecular complexity index is 350. The molecule has 0 aliphatic heterocycles. The van der Waals surface area contributed by atoms with Crippen LogP contribution in [0, 0.1) is 0 Å². The van der Waals surface area contributed by atoms with Gasteiger partial charge in [0.1, 0.15) is 5.75 Å². The summed E-state index contributed by atoms with van der Waals surface area (Å²) in [4.78, 5) is 11.5. The summed E-state index contributed by atoms with van der Waals surface area (Å²) < 4.78 is 9.89. The van der Waals surface area contributed by atoms with Crippen LogP contribution in [0.15, 0.2) is 18.2 Å². The van der Waals surface area contributed by atoms with E-state index in [4.69, 9.17) is 9.47 Å². The number of carbonyl (C=O) groups excluding carboxylic acids is 1. The molecule has 1 N–H and O–H groups in total. The van der Waals surface area contributed by atoms with Gasteiger partial charge in [0.05, 0.1) is 19.8 Å². The number of nitrogens with one attached hydrogen (secondary N) is 1. The first-order valence-electron chi connectivity index (χ1n) is 4.63. The fraction of sp³-hybridized carbons (Fsp3) is 0.364. The molecule has 0 radical (unpaired) electrons. The Hall–Kier alpha value is -1.55. The molecule has 1 aromatic rings. The summed E-state index contributed by atoms with van der Waals surface area (Å²) in [7, 11) is 4.76. The van der Waals surface area contributed by atoms with E-state index in [9.17, 15) is 4.79 Å². The third-order valence-electron chi connectivity index (χ3n) is 2.11. The average molecular weight is 209 g/mol. The summed E-state index contributed by atoms with van der Waals surface area (Å²) >= 11 is 0. The molecule has 0 spiro atoms. The highest BCUT2D eigenvalue weighted by Gasteiger charge is 2.14. The number of hydrogen-bond donors (Lipinski definition) is 1. The van der Waals surface area contributed by atoms with Crippen molar-refractivity contribution in [3.8, 4) is 5.75 Å². The topological polar surface area (TPSA) is 47.6 Å². The van der Waals surface area contributed by atoms with Gasteiger partial charge in [-0.2, -0.15) is 0 Å². The maximum atomic E-state index is 11.5. The molecule has 1 aromatic carbocycles. The summed E-state index contributed by atoms with van der Waals surface area (Å²) in [5, 5.41) is 2.99.